The molecule has 2 heterocycles. The van der Waals surface area contributed by atoms with Crippen molar-refractivity contribution in [1.29, 1.82) is 0 Å². The molecule has 1 aliphatic rings. The summed E-state index contributed by atoms with van der Waals surface area (Å²) in [6.07, 6.45) is -1.72. The van der Waals surface area contributed by atoms with Crippen LogP contribution in [0.1, 0.15) is 75.8 Å². The number of nitrogens with one attached hydrogen (secondary N) is 9. The Morgan fingerprint density at radius 3 is 1.92 bits per heavy atom. The van der Waals surface area contributed by atoms with Crippen molar-refractivity contribution in [1.82, 2.24) is 47.5 Å². The number of aromatic nitrogens is 1. The molecule has 0 radical (unpaired) electrons. The normalized spacial score (nSPS) is 20.7. The van der Waals surface area contributed by atoms with E-state index in [2.05, 4.69) is 57.5 Å². The third kappa shape index (κ3) is 19.9. The summed E-state index contributed by atoms with van der Waals surface area (Å²) < 4.78 is 43.5. The van der Waals surface area contributed by atoms with Gasteiger partial charge < -0.3 is 81.9 Å². The summed E-state index contributed by atoms with van der Waals surface area (Å²) in [7, 11) is 0. The third-order valence-corrected chi connectivity index (χ3v) is 12.0. The summed E-state index contributed by atoms with van der Waals surface area (Å²) in [5, 5.41) is 20.4. The van der Waals surface area contributed by atoms with Crippen molar-refractivity contribution in [2.75, 3.05) is 19.6 Å². The maximum Gasteiger partial charge on any atom is 0.243 e. The Bertz CT molecular complexity index is 2730. The third-order valence-electron chi connectivity index (χ3n) is 12.0. The molecule has 0 saturated carbocycles. The fourth-order valence-corrected chi connectivity index (χ4v) is 8.19. The molecule has 7 atom stereocenters. The highest BCUT2D eigenvalue weighted by Gasteiger charge is 2.35. The largest absolute Gasteiger partial charge is 0.370 e. The summed E-state index contributed by atoms with van der Waals surface area (Å²) in [6, 6.07) is -3.43. The van der Waals surface area contributed by atoms with Crippen LogP contribution < -0.4 is 76.9 Å². The van der Waals surface area contributed by atoms with Crippen molar-refractivity contribution in [2.24, 2.45) is 44.4 Å². The zero-order valence-electron chi connectivity index (χ0n) is 42.6. The number of fused-ring (bicyclic) bond motifs is 1. The van der Waals surface area contributed by atoms with Gasteiger partial charge in [0.2, 0.25) is 59.1 Å². The Hall–Kier alpha value is -8.99. The van der Waals surface area contributed by atoms with E-state index in [1.165, 1.54) is 0 Å². The number of amides is 10. The number of aliphatic imine (C=N–C) groups is 2. The first-order valence-electron chi connectivity index (χ1n) is 24.6. The molecule has 0 spiro atoms. The van der Waals surface area contributed by atoms with Gasteiger partial charge in [-0.3, -0.25) is 57.9 Å². The van der Waals surface area contributed by atoms with Gasteiger partial charge in [-0.2, -0.15) is 0 Å². The first-order chi connectivity index (χ1) is 36.9. The van der Waals surface area contributed by atoms with Gasteiger partial charge in [0, 0.05) is 62.9 Å². The average Bonchev–Trinajstić information content (AvgIpc) is 3.79. The van der Waals surface area contributed by atoms with E-state index >= 15 is 0 Å². The number of rotatable bonds is 18. The molecule has 27 nitrogen and oxygen atoms in total. The van der Waals surface area contributed by atoms with Crippen LogP contribution in [0.4, 0.5) is 13.2 Å². The van der Waals surface area contributed by atoms with E-state index < -0.39 is 144 Å². The molecule has 4 rings (SSSR count). The lowest BCUT2D eigenvalue weighted by atomic mass is 10.0. The number of primary amides is 2. The number of halogens is 3. The maximum atomic E-state index is 14.7. The van der Waals surface area contributed by atoms with Gasteiger partial charge in [-0.15, -0.1) is 0 Å². The smallest absolute Gasteiger partial charge is 0.243 e. The first-order valence-corrected chi connectivity index (χ1v) is 24.6. The SMILES string of the molecule is CC(=O)N[C@@H](CCCN=C(N)N)C(=O)N[C@H]1CCCNC(=O)CC[C@@H](C(N)=O)NC(=O)[C@H](Cc2c[nH]c3ccccc23)NC(=O)[C@H](CCCN=C(N)N)NC(=O)[C@@H](Cc2cc(F)c(F)c(F)c2)NC(=O)[C@H](CC(N)=O)NC1=O. The van der Waals surface area contributed by atoms with Gasteiger partial charge in [0.25, 0.3) is 0 Å². The van der Waals surface area contributed by atoms with Gasteiger partial charge in [-0.25, -0.2) is 13.2 Å². The van der Waals surface area contributed by atoms with E-state index in [4.69, 9.17) is 34.4 Å². The van der Waals surface area contributed by atoms with Gasteiger partial charge >= 0.3 is 0 Å². The molecule has 1 fully saturated rings. The molecule has 21 N–H and O–H groups in total. The lowest BCUT2D eigenvalue weighted by molar-refractivity contribution is -0.136. The number of nitrogens with zero attached hydrogens (tertiary/aromatic N) is 2. The van der Waals surface area contributed by atoms with E-state index in [0.29, 0.717) is 28.6 Å². The molecular formula is C48H66F3N17O10. The topological polar surface area (TPSA) is 464 Å². The lowest BCUT2D eigenvalue weighted by Crippen LogP contribution is -2.60. The number of hydrogen-bond acceptors (Lipinski definition) is 12. The van der Waals surface area contributed by atoms with Crippen LogP contribution in [0.15, 0.2) is 52.6 Å². The van der Waals surface area contributed by atoms with Crippen LogP contribution in [0.25, 0.3) is 10.9 Å². The predicted octanol–water partition coefficient (Wildman–Crippen LogP) is -4.06. The minimum Gasteiger partial charge on any atom is -0.370 e. The molecule has 1 aromatic heterocycles. The molecule has 424 valence electrons. The average molecular weight is 1100 g/mol. The van der Waals surface area contributed by atoms with Crippen LogP contribution in [0.5, 0.6) is 0 Å². The molecule has 0 aliphatic carbocycles. The van der Waals surface area contributed by atoms with E-state index in [1.807, 2.05) is 0 Å². The number of carbonyl (C=O) groups is 10. The Labute approximate surface area is 444 Å². The molecule has 2 aromatic carbocycles. The van der Waals surface area contributed by atoms with E-state index in [9.17, 15) is 61.1 Å². The Balaban J connectivity index is 1.82. The monoisotopic (exact) mass is 1100 g/mol. The maximum absolute atomic E-state index is 14.7. The van der Waals surface area contributed by atoms with Gasteiger partial charge in [0.15, 0.2) is 29.4 Å². The van der Waals surface area contributed by atoms with Gasteiger partial charge in [0.05, 0.1) is 6.42 Å². The van der Waals surface area contributed by atoms with Crippen LogP contribution in [0, 0.1) is 17.5 Å². The van der Waals surface area contributed by atoms with Crippen molar-refractivity contribution in [3.63, 3.8) is 0 Å². The highest BCUT2D eigenvalue weighted by atomic mass is 19.2. The molecule has 1 aliphatic heterocycles. The van der Waals surface area contributed by atoms with Gasteiger partial charge in [-0.1, -0.05) is 18.2 Å². The van der Waals surface area contributed by atoms with E-state index in [0.717, 1.165) is 6.92 Å². The van der Waals surface area contributed by atoms with Crippen LogP contribution in [-0.2, 0) is 60.8 Å². The molecule has 10 amide bonds. The van der Waals surface area contributed by atoms with Crippen molar-refractivity contribution in [2.45, 2.75) is 120 Å². The Kier molecular flexibility index (Phi) is 23.6. The number of hydrogen-bond donors (Lipinski definition) is 15. The number of guanidine groups is 2. The van der Waals surface area contributed by atoms with E-state index in [1.54, 1.807) is 30.5 Å². The summed E-state index contributed by atoms with van der Waals surface area (Å²) in [5.74, 6) is -15.8. The number of carbonyl (C=O) groups excluding carboxylic acids is 10. The standard InChI is InChI=1S/C48H66F3N17O10/c1-23(69)62-31(9-5-15-59-47(54)55)41(73)64-32-10-4-14-58-38(71)13-12-30(40(53)72)63-45(77)35(20-25-22-61-29-8-3-2-7-26(25)29)67-42(74)33(11-6-16-60-48(56)57)65-44(76)34(19-24-17-27(49)39(51)28(50)18-24)66-46(78)36(21-37(52)70)68-43(32)75/h2-3,7-8,17-18,22,30-36,61H,4-6,9-16,19-21H2,1H3,(H2,52,70)(H2,53,72)(H,58,71)(H,62,69)(H,63,77)(H,64,73)(H,65,76)(H,66,78)(H,67,74)(H,68,75)(H4,54,55,59)(H4,56,57,60)/t30-,31-,32-,33-,34+,35-,36-/m0/s1. The van der Waals surface area contributed by atoms with Crippen molar-refractivity contribution < 1.29 is 61.1 Å². The fourth-order valence-electron chi connectivity index (χ4n) is 8.19. The van der Waals surface area contributed by atoms with Crippen molar-refractivity contribution in [3.8, 4) is 0 Å². The van der Waals surface area contributed by atoms with Crippen molar-refractivity contribution in [3.05, 3.63) is 71.2 Å². The van der Waals surface area contributed by atoms with Crippen LogP contribution in [0.2, 0.25) is 0 Å². The molecule has 3 aromatic rings. The summed E-state index contributed by atoms with van der Waals surface area (Å²) in [4.78, 5) is 147. The number of para-hydroxylation sites is 1. The zero-order valence-corrected chi connectivity index (χ0v) is 42.6. The quantitative estimate of drug-likeness (QED) is 0.0250. The van der Waals surface area contributed by atoms with Gasteiger partial charge in [0.1, 0.15) is 42.3 Å². The number of H-pyrrole nitrogens is 1. The number of nitrogens with two attached hydrogens (primary N) is 6. The number of aromatic amines is 1. The molecule has 0 bridgehead atoms. The molecule has 30 heteroatoms. The minimum absolute atomic E-state index is 0.0270. The zero-order chi connectivity index (χ0) is 57.6. The second-order valence-electron chi connectivity index (χ2n) is 18.3. The van der Waals surface area contributed by atoms with Gasteiger partial charge in [-0.05, 0) is 74.3 Å². The fraction of sp³-hybridized carbons (Fsp3) is 0.458. The van der Waals surface area contributed by atoms with Crippen molar-refractivity contribution >= 4 is 81.9 Å². The first kappa shape index (κ1) is 61.6. The van der Waals surface area contributed by atoms with Crippen LogP contribution >= 0.6 is 0 Å². The second kappa shape index (κ2) is 29.9. The van der Waals surface area contributed by atoms with Crippen LogP contribution in [-0.4, -0.2) is 138 Å². The highest BCUT2D eigenvalue weighted by molar-refractivity contribution is 5.99. The molecular weight excluding hydrogens is 1030 g/mol. The highest BCUT2D eigenvalue weighted by Crippen LogP contribution is 2.20. The molecule has 0 unspecified atom stereocenters. The van der Waals surface area contributed by atoms with E-state index in [-0.39, 0.29) is 82.9 Å². The molecule has 1 saturated heterocycles. The summed E-state index contributed by atoms with van der Waals surface area (Å²) >= 11 is 0. The van der Waals surface area contributed by atoms with Crippen LogP contribution in [0.3, 0.4) is 0 Å². The summed E-state index contributed by atoms with van der Waals surface area (Å²) in [6.45, 7) is 0.910. The molecule has 78 heavy (non-hydrogen) atoms. The Morgan fingerprint density at radius 2 is 1.29 bits per heavy atom. The lowest BCUT2D eigenvalue weighted by Gasteiger charge is -2.28. The minimum atomic E-state index is -1.97. The predicted molar refractivity (Wildman–Crippen MR) is 276 cm³/mol. The number of benzene rings is 2. The second-order valence-corrected chi connectivity index (χ2v) is 18.3. The Morgan fingerprint density at radius 1 is 0.718 bits per heavy atom. The summed E-state index contributed by atoms with van der Waals surface area (Å²) in [5.41, 5.74) is 33.8.